The number of alkyl halides is 1. The normalized spacial score (nSPS) is 11.1. The van der Waals surface area contributed by atoms with Gasteiger partial charge in [0.15, 0.2) is 0 Å². The van der Waals surface area contributed by atoms with Crippen molar-refractivity contribution in [1.29, 1.82) is 0 Å². The Hall–Kier alpha value is -1.81. The molecule has 1 heterocycles. The number of unbranched alkanes of at least 4 members (excludes halogenated alkanes) is 1. The third-order valence-electron chi connectivity index (χ3n) is 3.34. The van der Waals surface area contributed by atoms with Crippen molar-refractivity contribution in [3.05, 3.63) is 52.7 Å². The van der Waals surface area contributed by atoms with Crippen LogP contribution in [-0.2, 0) is 0 Å². The lowest BCUT2D eigenvalue weighted by Crippen LogP contribution is -2.03. The Labute approximate surface area is 130 Å². The average Bonchev–Trinajstić information content (AvgIpc) is 2.52. The highest BCUT2D eigenvalue weighted by molar-refractivity contribution is 9.09. The molecule has 3 rings (SSSR count). The Morgan fingerprint density at radius 3 is 2.67 bits per heavy atom. The van der Waals surface area contributed by atoms with Crippen molar-refractivity contribution in [2.75, 3.05) is 11.9 Å². The second kappa shape index (κ2) is 6.31. The van der Waals surface area contributed by atoms with Gasteiger partial charge in [0.25, 0.3) is 0 Å². The van der Waals surface area contributed by atoms with E-state index < -0.39 is 0 Å². The van der Waals surface area contributed by atoms with E-state index in [-0.39, 0.29) is 5.43 Å². The Kier molecular flexibility index (Phi) is 4.25. The maximum absolute atomic E-state index is 12.5. The first-order valence-corrected chi connectivity index (χ1v) is 8.06. The summed E-state index contributed by atoms with van der Waals surface area (Å²) < 4.78 is 11.4. The molecule has 0 bridgehead atoms. The van der Waals surface area contributed by atoms with Gasteiger partial charge < -0.3 is 9.15 Å². The first-order chi connectivity index (χ1) is 10.3. The van der Waals surface area contributed by atoms with Gasteiger partial charge in [0.05, 0.1) is 17.4 Å². The lowest BCUT2D eigenvalue weighted by atomic mass is 10.1. The molecule has 1 aromatic heterocycles. The molecule has 0 saturated carbocycles. The minimum atomic E-state index is -0.0160. The van der Waals surface area contributed by atoms with Crippen LogP contribution in [0.5, 0.6) is 5.75 Å². The number of ether oxygens (including phenoxy) is 1. The minimum Gasteiger partial charge on any atom is -0.494 e. The maximum Gasteiger partial charge on any atom is 0.200 e. The van der Waals surface area contributed by atoms with Crippen molar-refractivity contribution in [2.45, 2.75) is 12.8 Å². The smallest absolute Gasteiger partial charge is 0.200 e. The van der Waals surface area contributed by atoms with Crippen LogP contribution in [0.15, 0.2) is 51.7 Å². The molecule has 0 fully saturated rings. The molecule has 2 aromatic carbocycles. The van der Waals surface area contributed by atoms with Gasteiger partial charge in [-0.05, 0) is 43.2 Å². The summed E-state index contributed by atoms with van der Waals surface area (Å²) in [6.07, 6.45) is 2.05. The molecular formula is C17H15BrO3. The van der Waals surface area contributed by atoms with Crippen molar-refractivity contribution in [2.24, 2.45) is 0 Å². The Bertz CT molecular complexity index is 823. The van der Waals surface area contributed by atoms with Gasteiger partial charge in [-0.1, -0.05) is 28.1 Å². The van der Waals surface area contributed by atoms with E-state index in [0.29, 0.717) is 34.3 Å². The molecule has 0 unspecified atom stereocenters. The molecule has 4 heteroatoms. The van der Waals surface area contributed by atoms with Gasteiger partial charge in [0, 0.05) is 5.33 Å². The van der Waals surface area contributed by atoms with Crippen LogP contribution in [0.2, 0.25) is 0 Å². The molecule has 0 aliphatic rings. The van der Waals surface area contributed by atoms with E-state index in [4.69, 9.17) is 9.15 Å². The molecule has 0 atom stereocenters. The van der Waals surface area contributed by atoms with Crippen LogP contribution >= 0.6 is 15.9 Å². The Balaban J connectivity index is 1.99. The molecule has 0 amide bonds. The van der Waals surface area contributed by atoms with Gasteiger partial charge in [-0.25, -0.2) is 0 Å². The summed E-state index contributed by atoms with van der Waals surface area (Å²) in [5, 5.41) is 2.14. The van der Waals surface area contributed by atoms with Gasteiger partial charge in [0.2, 0.25) is 5.43 Å². The van der Waals surface area contributed by atoms with Crippen LogP contribution in [0.3, 0.4) is 0 Å². The van der Waals surface area contributed by atoms with Crippen molar-refractivity contribution < 1.29 is 9.15 Å². The first-order valence-electron chi connectivity index (χ1n) is 6.94. The van der Waals surface area contributed by atoms with E-state index in [1.807, 2.05) is 18.2 Å². The van der Waals surface area contributed by atoms with E-state index in [0.717, 1.165) is 18.2 Å². The van der Waals surface area contributed by atoms with Crippen molar-refractivity contribution in [3.8, 4) is 5.75 Å². The fourth-order valence-corrected chi connectivity index (χ4v) is 2.66. The van der Waals surface area contributed by atoms with Gasteiger partial charge in [-0.2, -0.15) is 0 Å². The summed E-state index contributed by atoms with van der Waals surface area (Å²) in [7, 11) is 0. The molecule has 0 spiro atoms. The summed E-state index contributed by atoms with van der Waals surface area (Å²) >= 11 is 3.39. The number of para-hydroxylation sites is 1. The molecular weight excluding hydrogens is 332 g/mol. The van der Waals surface area contributed by atoms with Crippen molar-refractivity contribution in [3.63, 3.8) is 0 Å². The minimum absolute atomic E-state index is 0.0160. The van der Waals surface area contributed by atoms with E-state index in [2.05, 4.69) is 15.9 Å². The van der Waals surface area contributed by atoms with Gasteiger partial charge in [-0.3, -0.25) is 4.79 Å². The highest BCUT2D eigenvalue weighted by atomic mass is 79.9. The zero-order valence-electron chi connectivity index (χ0n) is 11.5. The fraction of sp³-hybridized carbons (Fsp3) is 0.235. The van der Waals surface area contributed by atoms with E-state index in [9.17, 15) is 4.79 Å². The zero-order chi connectivity index (χ0) is 14.7. The van der Waals surface area contributed by atoms with Crippen LogP contribution in [-0.4, -0.2) is 11.9 Å². The largest absolute Gasteiger partial charge is 0.494 e. The van der Waals surface area contributed by atoms with Gasteiger partial charge >= 0.3 is 0 Å². The second-order valence-electron chi connectivity index (χ2n) is 4.83. The quantitative estimate of drug-likeness (QED) is 0.388. The lowest BCUT2D eigenvalue weighted by Gasteiger charge is -2.07. The van der Waals surface area contributed by atoms with E-state index in [1.54, 1.807) is 24.3 Å². The molecule has 3 aromatic rings. The summed E-state index contributed by atoms with van der Waals surface area (Å²) in [6.45, 7) is 0.649. The molecule has 0 N–H and O–H groups in total. The maximum atomic E-state index is 12.5. The Morgan fingerprint density at radius 1 is 1.00 bits per heavy atom. The number of halogens is 1. The molecule has 3 nitrogen and oxygen atoms in total. The molecule has 0 saturated heterocycles. The number of rotatable bonds is 5. The standard InChI is InChI=1S/C17H15BrO3/c18-9-3-4-10-20-12-7-8-16-14(11-12)17(19)13-5-1-2-6-15(13)21-16/h1-2,5-8,11H,3-4,9-10H2. The fourth-order valence-electron chi connectivity index (χ4n) is 2.26. The van der Waals surface area contributed by atoms with Crippen LogP contribution in [0.25, 0.3) is 21.9 Å². The van der Waals surface area contributed by atoms with Crippen LogP contribution in [0.4, 0.5) is 0 Å². The highest BCUT2D eigenvalue weighted by Gasteiger charge is 2.08. The van der Waals surface area contributed by atoms with Crippen LogP contribution in [0.1, 0.15) is 12.8 Å². The summed E-state index contributed by atoms with van der Waals surface area (Å²) in [5.74, 6) is 0.708. The Morgan fingerprint density at radius 2 is 1.81 bits per heavy atom. The first kappa shape index (κ1) is 14.1. The van der Waals surface area contributed by atoms with Gasteiger partial charge in [0.1, 0.15) is 16.9 Å². The predicted molar refractivity (Wildman–Crippen MR) is 88.5 cm³/mol. The van der Waals surface area contributed by atoms with Gasteiger partial charge in [-0.15, -0.1) is 0 Å². The topological polar surface area (TPSA) is 39.4 Å². The summed E-state index contributed by atoms with van der Waals surface area (Å²) in [4.78, 5) is 12.5. The lowest BCUT2D eigenvalue weighted by molar-refractivity contribution is 0.310. The highest BCUT2D eigenvalue weighted by Crippen LogP contribution is 2.22. The predicted octanol–water partition coefficient (Wildman–Crippen LogP) is 4.50. The van der Waals surface area contributed by atoms with Crippen molar-refractivity contribution >= 4 is 37.9 Å². The number of hydrogen-bond donors (Lipinski definition) is 0. The van der Waals surface area contributed by atoms with E-state index >= 15 is 0 Å². The number of benzene rings is 2. The third-order valence-corrected chi connectivity index (χ3v) is 3.90. The molecule has 21 heavy (non-hydrogen) atoms. The molecule has 0 aliphatic heterocycles. The van der Waals surface area contributed by atoms with Crippen LogP contribution in [0, 0.1) is 0 Å². The molecule has 108 valence electrons. The summed E-state index contributed by atoms with van der Waals surface area (Å²) in [5.41, 5.74) is 1.19. The van der Waals surface area contributed by atoms with Crippen molar-refractivity contribution in [1.82, 2.24) is 0 Å². The zero-order valence-corrected chi connectivity index (χ0v) is 13.1. The van der Waals surface area contributed by atoms with E-state index in [1.165, 1.54) is 0 Å². The summed E-state index contributed by atoms with van der Waals surface area (Å²) in [6, 6.07) is 12.7. The number of fused-ring (bicyclic) bond motifs is 2. The number of hydrogen-bond acceptors (Lipinski definition) is 3. The average molecular weight is 347 g/mol. The van der Waals surface area contributed by atoms with Crippen LogP contribution < -0.4 is 10.2 Å². The SMILES string of the molecule is O=c1c2ccccc2oc2ccc(OCCCCBr)cc12. The monoisotopic (exact) mass is 346 g/mol. The molecule has 0 radical (unpaired) electrons. The molecule has 0 aliphatic carbocycles. The third kappa shape index (κ3) is 2.95. The second-order valence-corrected chi connectivity index (χ2v) is 5.62.